The number of hydrogen-bond acceptors (Lipinski definition) is 6. The van der Waals surface area contributed by atoms with Crippen molar-refractivity contribution in [2.75, 3.05) is 19.5 Å². The normalized spacial score (nSPS) is 16.0. The minimum atomic E-state index is -4.06. The zero-order chi connectivity index (χ0) is 23.6. The zero-order valence-electron chi connectivity index (χ0n) is 18.2. The Morgan fingerprint density at radius 1 is 0.970 bits per heavy atom. The quantitative estimate of drug-likeness (QED) is 0.539. The lowest BCUT2D eigenvalue weighted by atomic mass is 9.95. The predicted octanol–water partition coefficient (Wildman–Crippen LogP) is 3.16. The van der Waals surface area contributed by atoms with Crippen molar-refractivity contribution in [3.8, 4) is 17.2 Å². The molecule has 0 saturated heterocycles. The number of fused-ring (bicyclic) bond motifs is 1. The van der Waals surface area contributed by atoms with Gasteiger partial charge in [-0.3, -0.25) is 4.79 Å². The molecule has 3 aromatic rings. The van der Waals surface area contributed by atoms with Crippen LogP contribution in [0.2, 0.25) is 0 Å². The maximum absolute atomic E-state index is 13.7. The van der Waals surface area contributed by atoms with Crippen LogP contribution in [0.3, 0.4) is 0 Å². The Hall–Kier alpha value is -3.56. The topological polar surface area (TPSA) is 105 Å². The summed E-state index contributed by atoms with van der Waals surface area (Å²) in [6.45, 7) is 0.0561. The number of nitrogens with zero attached hydrogens (tertiary/aromatic N) is 1. The van der Waals surface area contributed by atoms with Crippen LogP contribution in [0.1, 0.15) is 11.1 Å². The molecular weight excluding hydrogens is 444 g/mol. The van der Waals surface area contributed by atoms with Gasteiger partial charge in [0.25, 0.3) is 0 Å². The van der Waals surface area contributed by atoms with Crippen LogP contribution in [0, 0.1) is 0 Å². The molecule has 0 saturated carbocycles. The average molecular weight is 469 g/mol. The van der Waals surface area contributed by atoms with E-state index in [0.717, 1.165) is 11.1 Å². The molecular formula is C24H24N2O6S. The molecule has 1 amide bonds. The van der Waals surface area contributed by atoms with Gasteiger partial charge >= 0.3 is 0 Å². The van der Waals surface area contributed by atoms with Crippen LogP contribution < -0.4 is 14.8 Å². The summed E-state index contributed by atoms with van der Waals surface area (Å²) in [5.74, 6) is 0.291. The first-order valence-electron chi connectivity index (χ1n) is 10.2. The Balaban J connectivity index is 1.72. The van der Waals surface area contributed by atoms with Crippen LogP contribution in [0.4, 0.5) is 5.69 Å². The SMILES string of the molecule is COc1ccc(S(=O)(=O)N2Cc3ccccc3C[C@@H]2C(=O)Nc2ccc(O)cc2)cc1OC. The Kier molecular flexibility index (Phi) is 6.26. The number of carbonyl (C=O) groups excluding carboxylic acids is 1. The van der Waals surface area contributed by atoms with Crippen LogP contribution >= 0.6 is 0 Å². The number of methoxy groups -OCH3 is 2. The molecule has 1 atom stereocenters. The van der Waals surface area contributed by atoms with Crippen molar-refractivity contribution in [2.24, 2.45) is 0 Å². The Bertz CT molecular complexity index is 1270. The second-order valence-corrected chi connectivity index (χ2v) is 9.48. The van der Waals surface area contributed by atoms with Gasteiger partial charge in [0.05, 0.1) is 19.1 Å². The van der Waals surface area contributed by atoms with E-state index in [2.05, 4.69) is 5.32 Å². The van der Waals surface area contributed by atoms with Crippen LogP contribution in [0.5, 0.6) is 17.2 Å². The number of hydrogen-bond donors (Lipinski definition) is 2. The summed E-state index contributed by atoms with van der Waals surface area (Å²) in [5.41, 5.74) is 2.22. The molecule has 0 radical (unpaired) electrons. The van der Waals surface area contributed by atoms with Gasteiger partial charge in [0.15, 0.2) is 11.5 Å². The van der Waals surface area contributed by atoms with Crippen molar-refractivity contribution in [3.05, 3.63) is 77.9 Å². The number of carbonyl (C=O) groups is 1. The molecule has 33 heavy (non-hydrogen) atoms. The van der Waals surface area contributed by atoms with Gasteiger partial charge in [0.2, 0.25) is 15.9 Å². The van der Waals surface area contributed by atoms with E-state index in [1.807, 2.05) is 24.3 Å². The summed E-state index contributed by atoms with van der Waals surface area (Å²) in [7, 11) is -1.16. The lowest BCUT2D eigenvalue weighted by molar-refractivity contribution is -0.120. The van der Waals surface area contributed by atoms with Gasteiger partial charge in [-0.25, -0.2) is 8.42 Å². The third kappa shape index (κ3) is 4.50. The monoisotopic (exact) mass is 468 g/mol. The minimum absolute atomic E-state index is 0.00182. The Morgan fingerprint density at radius 2 is 1.64 bits per heavy atom. The number of ether oxygens (including phenoxy) is 2. The summed E-state index contributed by atoms with van der Waals surface area (Å²) in [6, 6.07) is 16.9. The molecule has 0 bridgehead atoms. The highest BCUT2D eigenvalue weighted by molar-refractivity contribution is 7.89. The maximum atomic E-state index is 13.7. The van der Waals surface area contributed by atoms with Crippen LogP contribution in [-0.4, -0.2) is 44.0 Å². The van der Waals surface area contributed by atoms with Gasteiger partial charge < -0.3 is 19.9 Å². The fourth-order valence-corrected chi connectivity index (χ4v) is 5.44. The molecule has 172 valence electrons. The van der Waals surface area contributed by atoms with E-state index in [1.54, 1.807) is 12.1 Å². The van der Waals surface area contributed by atoms with E-state index in [1.165, 1.54) is 48.9 Å². The Morgan fingerprint density at radius 3 is 2.30 bits per heavy atom. The highest BCUT2D eigenvalue weighted by atomic mass is 32.2. The van der Waals surface area contributed by atoms with Crippen LogP contribution in [-0.2, 0) is 27.8 Å². The predicted molar refractivity (Wildman–Crippen MR) is 123 cm³/mol. The molecule has 1 aliphatic heterocycles. The van der Waals surface area contributed by atoms with E-state index in [9.17, 15) is 18.3 Å². The van der Waals surface area contributed by atoms with Crippen molar-refractivity contribution in [1.29, 1.82) is 0 Å². The van der Waals surface area contributed by atoms with E-state index in [4.69, 9.17) is 9.47 Å². The number of phenolic OH excluding ortho intramolecular Hbond substituents is 1. The van der Waals surface area contributed by atoms with Gasteiger partial charge in [-0.2, -0.15) is 4.31 Å². The lowest BCUT2D eigenvalue weighted by Gasteiger charge is -2.35. The van der Waals surface area contributed by atoms with E-state index < -0.39 is 22.0 Å². The number of sulfonamides is 1. The number of anilines is 1. The molecule has 2 N–H and O–H groups in total. The largest absolute Gasteiger partial charge is 0.508 e. The number of amides is 1. The third-order valence-corrected chi connectivity index (χ3v) is 7.46. The molecule has 0 unspecified atom stereocenters. The number of nitrogens with one attached hydrogen (secondary N) is 1. The fourth-order valence-electron chi connectivity index (χ4n) is 3.86. The second-order valence-electron chi connectivity index (χ2n) is 7.59. The first kappa shape index (κ1) is 22.6. The third-order valence-electron chi connectivity index (χ3n) is 5.60. The van der Waals surface area contributed by atoms with Crippen molar-refractivity contribution in [3.63, 3.8) is 0 Å². The fraction of sp³-hybridized carbons (Fsp3) is 0.208. The number of phenols is 1. The molecule has 3 aromatic carbocycles. The molecule has 9 heteroatoms. The summed E-state index contributed by atoms with van der Waals surface area (Å²) in [4.78, 5) is 13.3. The molecule has 4 rings (SSSR count). The standard InChI is InChI=1S/C24H24N2O6S/c1-31-22-12-11-20(14-23(22)32-2)33(29,30)26-15-17-6-4-3-5-16(17)13-21(26)24(28)25-18-7-9-19(27)10-8-18/h3-12,14,21,27H,13,15H2,1-2H3,(H,25,28)/t21-/m1/s1. The summed E-state index contributed by atoms with van der Waals surface area (Å²) < 4.78 is 39.1. The molecule has 0 fully saturated rings. The van der Waals surface area contributed by atoms with Crippen LogP contribution in [0.15, 0.2) is 71.6 Å². The van der Waals surface area contributed by atoms with Crippen molar-refractivity contribution in [1.82, 2.24) is 4.31 Å². The molecule has 0 aromatic heterocycles. The highest BCUT2D eigenvalue weighted by Gasteiger charge is 2.40. The van der Waals surface area contributed by atoms with Gasteiger partial charge in [-0.15, -0.1) is 0 Å². The van der Waals surface area contributed by atoms with Crippen molar-refractivity contribution < 1.29 is 27.8 Å². The smallest absolute Gasteiger partial charge is 0.244 e. The second kappa shape index (κ2) is 9.13. The maximum Gasteiger partial charge on any atom is 0.244 e. The van der Waals surface area contributed by atoms with Gasteiger partial charge in [0, 0.05) is 18.3 Å². The lowest BCUT2D eigenvalue weighted by Crippen LogP contribution is -2.50. The van der Waals surface area contributed by atoms with Crippen molar-refractivity contribution >= 4 is 21.6 Å². The van der Waals surface area contributed by atoms with E-state index in [0.29, 0.717) is 11.4 Å². The minimum Gasteiger partial charge on any atom is -0.508 e. The highest BCUT2D eigenvalue weighted by Crippen LogP contribution is 2.34. The van der Waals surface area contributed by atoms with Crippen molar-refractivity contribution in [2.45, 2.75) is 23.9 Å². The first-order chi connectivity index (χ1) is 15.8. The van der Waals surface area contributed by atoms with E-state index >= 15 is 0 Å². The summed E-state index contributed by atoms with van der Waals surface area (Å²) in [5, 5.41) is 12.2. The molecule has 8 nitrogen and oxygen atoms in total. The zero-order valence-corrected chi connectivity index (χ0v) is 19.0. The first-order valence-corrected chi connectivity index (χ1v) is 11.7. The van der Waals surface area contributed by atoms with Gasteiger partial charge in [-0.1, -0.05) is 24.3 Å². The van der Waals surface area contributed by atoms with Gasteiger partial charge in [0.1, 0.15) is 11.8 Å². The number of rotatable bonds is 6. The summed E-state index contributed by atoms with van der Waals surface area (Å²) in [6.07, 6.45) is 0.229. The molecule has 1 aliphatic rings. The average Bonchev–Trinajstić information content (AvgIpc) is 2.84. The molecule has 0 spiro atoms. The Labute approximate surface area is 192 Å². The van der Waals surface area contributed by atoms with Gasteiger partial charge in [-0.05, 0) is 53.9 Å². The number of benzene rings is 3. The molecule has 1 heterocycles. The number of aromatic hydroxyl groups is 1. The summed E-state index contributed by atoms with van der Waals surface area (Å²) >= 11 is 0. The van der Waals surface area contributed by atoms with E-state index in [-0.39, 0.29) is 29.4 Å². The van der Waals surface area contributed by atoms with Crippen LogP contribution in [0.25, 0.3) is 0 Å². The molecule has 0 aliphatic carbocycles.